The molecule has 2 saturated heterocycles. The van der Waals surface area contributed by atoms with E-state index in [-0.39, 0.29) is 6.10 Å². The average Bonchev–Trinajstić information content (AvgIpc) is 3.15. The molecule has 3 fully saturated rings. The molecule has 2 aliphatic heterocycles. The van der Waals surface area contributed by atoms with Crippen molar-refractivity contribution in [3.05, 3.63) is 11.7 Å². The van der Waals surface area contributed by atoms with Gasteiger partial charge in [0.05, 0.1) is 24.2 Å². The summed E-state index contributed by atoms with van der Waals surface area (Å²) in [5, 5.41) is 13.7. The van der Waals surface area contributed by atoms with E-state index in [1.54, 1.807) is 0 Å². The first-order valence-corrected chi connectivity index (χ1v) is 7.46. The maximum atomic E-state index is 9.54. The number of fused-ring (bicyclic) bond motifs is 2. The number of nitrogens with zero attached hydrogens (tertiary/aromatic N) is 2. The highest BCUT2D eigenvalue weighted by atomic mass is 16.5. The third-order valence-electron chi connectivity index (χ3n) is 4.94. The maximum Gasteiger partial charge on any atom is 0.229 e. The molecule has 3 atom stereocenters. The van der Waals surface area contributed by atoms with Crippen molar-refractivity contribution < 1.29 is 14.4 Å². The van der Waals surface area contributed by atoms with Crippen LogP contribution in [0.5, 0.6) is 0 Å². The normalized spacial score (nSPS) is 41.8. The summed E-state index contributed by atoms with van der Waals surface area (Å²) in [6, 6.07) is 0. The number of aliphatic hydroxyl groups excluding tert-OH is 1. The van der Waals surface area contributed by atoms with Crippen LogP contribution in [0.2, 0.25) is 0 Å². The molecule has 0 radical (unpaired) electrons. The van der Waals surface area contributed by atoms with Crippen LogP contribution >= 0.6 is 0 Å². The minimum Gasteiger partial charge on any atom is -0.393 e. The standard InChI is InChI=1S/C14H20N2O3/c17-9-3-1-8(2-4-9)14-15-13(16-19-14)11-7-10-5-6-12(11)18-10/h8-12,17H,1-7H2. The van der Waals surface area contributed by atoms with Crippen molar-refractivity contribution in [1.29, 1.82) is 0 Å². The summed E-state index contributed by atoms with van der Waals surface area (Å²) in [7, 11) is 0. The fourth-order valence-corrected chi connectivity index (χ4v) is 3.80. The van der Waals surface area contributed by atoms with Gasteiger partial charge in [-0.1, -0.05) is 5.16 Å². The number of hydrogen-bond acceptors (Lipinski definition) is 5. The van der Waals surface area contributed by atoms with Crippen LogP contribution in [0.3, 0.4) is 0 Å². The van der Waals surface area contributed by atoms with Gasteiger partial charge in [0.15, 0.2) is 5.82 Å². The minimum atomic E-state index is -0.141. The lowest BCUT2D eigenvalue weighted by Gasteiger charge is -2.22. The Morgan fingerprint density at radius 2 is 1.89 bits per heavy atom. The summed E-state index contributed by atoms with van der Waals surface area (Å²) >= 11 is 0. The third kappa shape index (κ3) is 2.09. The first-order chi connectivity index (χ1) is 9.29. The van der Waals surface area contributed by atoms with E-state index in [0.29, 0.717) is 24.0 Å². The highest BCUT2D eigenvalue weighted by molar-refractivity contribution is 5.08. The van der Waals surface area contributed by atoms with E-state index >= 15 is 0 Å². The predicted octanol–water partition coefficient (Wildman–Crippen LogP) is 2.12. The first-order valence-electron chi connectivity index (χ1n) is 7.46. The first kappa shape index (κ1) is 11.9. The number of hydrogen-bond donors (Lipinski definition) is 1. The van der Waals surface area contributed by atoms with Crippen LogP contribution in [-0.4, -0.2) is 33.6 Å². The topological polar surface area (TPSA) is 68.4 Å². The van der Waals surface area contributed by atoms with E-state index in [1.807, 2.05) is 0 Å². The van der Waals surface area contributed by atoms with Gasteiger partial charge in [0.1, 0.15) is 0 Å². The Hall–Kier alpha value is -0.940. The molecule has 1 N–H and O–H groups in total. The van der Waals surface area contributed by atoms with Crippen LogP contribution in [0, 0.1) is 0 Å². The van der Waals surface area contributed by atoms with Crippen LogP contribution in [-0.2, 0) is 4.74 Å². The monoisotopic (exact) mass is 264 g/mol. The number of rotatable bonds is 2. The molecule has 3 heterocycles. The molecule has 1 saturated carbocycles. The van der Waals surface area contributed by atoms with Gasteiger partial charge in [-0.15, -0.1) is 0 Å². The summed E-state index contributed by atoms with van der Waals surface area (Å²) < 4.78 is 11.3. The van der Waals surface area contributed by atoms with Crippen molar-refractivity contribution in [3.63, 3.8) is 0 Å². The molecule has 1 aromatic rings. The SMILES string of the molecule is OC1CCC(c2nc(C3CC4CCC3O4)no2)CC1. The lowest BCUT2D eigenvalue weighted by molar-refractivity contribution is 0.0996. The van der Waals surface area contributed by atoms with E-state index in [1.165, 1.54) is 6.42 Å². The van der Waals surface area contributed by atoms with Crippen LogP contribution < -0.4 is 0 Å². The number of aromatic nitrogens is 2. The second-order valence-electron chi connectivity index (χ2n) is 6.21. The largest absolute Gasteiger partial charge is 0.393 e. The molecule has 19 heavy (non-hydrogen) atoms. The fraction of sp³-hybridized carbons (Fsp3) is 0.857. The molecule has 1 aromatic heterocycles. The Kier molecular flexibility index (Phi) is 2.84. The van der Waals surface area contributed by atoms with Crippen molar-refractivity contribution in [1.82, 2.24) is 10.1 Å². The van der Waals surface area contributed by atoms with Crippen LogP contribution in [0.15, 0.2) is 4.52 Å². The van der Waals surface area contributed by atoms with Crippen LogP contribution in [0.1, 0.15) is 68.5 Å². The Bertz CT molecular complexity index is 453. The molecule has 2 bridgehead atoms. The Balaban J connectivity index is 1.47. The number of aliphatic hydroxyl groups is 1. The van der Waals surface area contributed by atoms with Crippen molar-refractivity contribution in [2.24, 2.45) is 0 Å². The fourth-order valence-electron chi connectivity index (χ4n) is 3.80. The summed E-state index contributed by atoms with van der Waals surface area (Å²) in [4.78, 5) is 4.62. The van der Waals surface area contributed by atoms with Gasteiger partial charge in [-0.25, -0.2) is 0 Å². The molecule has 0 amide bonds. The molecule has 1 aliphatic carbocycles. The quantitative estimate of drug-likeness (QED) is 0.886. The summed E-state index contributed by atoms with van der Waals surface area (Å²) in [5.74, 6) is 2.28. The van der Waals surface area contributed by atoms with Crippen molar-refractivity contribution in [3.8, 4) is 0 Å². The smallest absolute Gasteiger partial charge is 0.229 e. The summed E-state index contributed by atoms with van der Waals surface area (Å²) in [6.45, 7) is 0. The van der Waals surface area contributed by atoms with Gasteiger partial charge in [-0.05, 0) is 44.9 Å². The van der Waals surface area contributed by atoms with Crippen molar-refractivity contribution in [2.75, 3.05) is 0 Å². The molecule has 0 spiro atoms. The molecule has 104 valence electrons. The molecule has 3 unspecified atom stereocenters. The minimum absolute atomic E-state index is 0.141. The second kappa shape index (κ2) is 4.56. The molecule has 5 nitrogen and oxygen atoms in total. The highest BCUT2D eigenvalue weighted by Gasteiger charge is 2.44. The Labute approximate surface area is 112 Å². The van der Waals surface area contributed by atoms with E-state index in [0.717, 1.165) is 50.2 Å². The second-order valence-corrected chi connectivity index (χ2v) is 6.21. The molecular weight excluding hydrogens is 244 g/mol. The Morgan fingerprint density at radius 1 is 1.05 bits per heavy atom. The van der Waals surface area contributed by atoms with E-state index in [9.17, 15) is 5.11 Å². The van der Waals surface area contributed by atoms with Gasteiger partial charge >= 0.3 is 0 Å². The van der Waals surface area contributed by atoms with E-state index < -0.39 is 0 Å². The van der Waals surface area contributed by atoms with Crippen molar-refractivity contribution >= 4 is 0 Å². The van der Waals surface area contributed by atoms with Gasteiger partial charge in [-0.2, -0.15) is 4.98 Å². The van der Waals surface area contributed by atoms with Crippen LogP contribution in [0.25, 0.3) is 0 Å². The predicted molar refractivity (Wildman–Crippen MR) is 66.8 cm³/mol. The Morgan fingerprint density at radius 3 is 2.58 bits per heavy atom. The van der Waals surface area contributed by atoms with Gasteiger partial charge in [0.25, 0.3) is 0 Å². The van der Waals surface area contributed by atoms with Gasteiger partial charge in [0, 0.05) is 5.92 Å². The van der Waals surface area contributed by atoms with Gasteiger partial charge < -0.3 is 14.4 Å². The molecule has 5 heteroatoms. The molecular formula is C14H20N2O3. The molecule has 3 aliphatic rings. The highest BCUT2D eigenvalue weighted by Crippen LogP contribution is 2.44. The van der Waals surface area contributed by atoms with E-state index in [2.05, 4.69) is 10.1 Å². The van der Waals surface area contributed by atoms with Crippen molar-refractivity contribution in [2.45, 2.75) is 75.1 Å². The average molecular weight is 264 g/mol. The zero-order valence-electron chi connectivity index (χ0n) is 11.0. The third-order valence-corrected chi connectivity index (χ3v) is 4.94. The molecule has 4 rings (SSSR count). The lowest BCUT2D eigenvalue weighted by Crippen LogP contribution is -2.18. The summed E-state index contributed by atoms with van der Waals surface area (Å²) in [5.41, 5.74) is 0. The maximum absolute atomic E-state index is 9.54. The number of ether oxygens (including phenoxy) is 1. The lowest BCUT2D eigenvalue weighted by atomic mass is 9.87. The zero-order valence-corrected chi connectivity index (χ0v) is 11.0. The zero-order chi connectivity index (χ0) is 12.8. The van der Waals surface area contributed by atoms with Gasteiger partial charge in [-0.3, -0.25) is 0 Å². The summed E-state index contributed by atoms with van der Waals surface area (Å²) in [6.07, 6.45) is 7.56. The van der Waals surface area contributed by atoms with E-state index in [4.69, 9.17) is 9.26 Å². The van der Waals surface area contributed by atoms with Gasteiger partial charge in [0.2, 0.25) is 5.89 Å². The van der Waals surface area contributed by atoms with Crippen LogP contribution in [0.4, 0.5) is 0 Å². The molecule has 0 aromatic carbocycles.